The molecule has 19 heavy (non-hydrogen) atoms. The normalized spacial score (nSPS) is 12.2. The van der Waals surface area contributed by atoms with Crippen molar-refractivity contribution in [1.29, 1.82) is 0 Å². The first-order valence-electron chi connectivity index (χ1n) is 6.76. The monoisotopic (exact) mass is 284 g/mol. The van der Waals surface area contributed by atoms with Gasteiger partial charge < -0.3 is 9.47 Å². The molecule has 106 valence electrons. The fourth-order valence-electron chi connectivity index (χ4n) is 1.87. The largest absolute Gasteiger partial charge is 0.415 e. The van der Waals surface area contributed by atoms with Crippen molar-refractivity contribution in [2.75, 3.05) is 6.61 Å². The number of carbonyl (C=O) groups is 1. The molecule has 0 radical (unpaired) electrons. The Kier molecular flexibility index (Phi) is 7.53. The molecular formula is C15H21ClO3. The van der Waals surface area contributed by atoms with Gasteiger partial charge in [-0.3, -0.25) is 0 Å². The van der Waals surface area contributed by atoms with Gasteiger partial charge in [-0.25, -0.2) is 4.79 Å². The van der Waals surface area contributed by atoms with Gasteiger partial charge in [0.05, 0.1) is 6.10 Å². The predicted octanol–water partition coefficient (Wildman–Crippen LogP) is 5.08. The maximum atomic E-state index is 10.6. The van der Waals surface area contributed by atoms with Crippen LogP contribution in [0.2, 0.25) is 0 Å². The van der Waals surface area contributed by atoms with E-state index in [1.807, 2.05) is 12.1 Å². The molecule has 0 heterocycles. The third-order valence-electron chi connectivity index (χ3n) is 2.89. The Morgan fingerprint density at radius 2 is 1.89 bits per heavy atom. The van der Waals surface area contributed by atoms with E-state index in [0.29, 0.717) is 5.75 Å². The van der Waals surface area contributed by atoms with Crippen molar-refractivity contribution in [3.63, 3.8) is 0 Å². The highest BCUT2D eigenvalue weighted by molar-refractivity contribution is 6.61. The number of hydrogen-bond donors (Lipinski definition) is 0. The standard InChI is InChI=1S/C15H21ClO3/c1-3-5-6-11-18-14(4-2)12-7-9-13(10-8-12)19-15(16)17/h7-10,14H,3-6,11H2,1-2H3. The lowest BCUT2D eigenvalue weighted by atomic mass is 10.1. The number of benzene rings is 1. The molecule has 0 saturated carbocycles. The third-order valence-corrected chi connectivity index (χ3v) is 2.96. The predicted molar refractivity (Wildman–Crippen MR) is 76.8 cm³/mol. The molecule has 0 saturated heterocycles. The van der Waals surface area contributed by atoms with Gasteiger partial charge in [0.25, 0.3) is 0 Å². The molecule has 1 aromatic rings. The first kappa shape index (κ1) is 16.0. The summed E-state index contributed by atoms with van der Waals surface area (Å²) in [7, 11) is 0. The minimum atomic E-state index is -0.824. The summed E-state index contributed by atoms with van der Waals surface area (Å²) < 4.78 is 10.6. The van der Waals surface area contributed by atoms with E-state index in [4.69, 9.17) is 21.1 Å². The smallest absolute Gasteiger partial charge is 0.409 e. The maximum absolute atomic E-state index is 10.6. The summed E-state index contributed by atoms with van der Waals surface area (Å²) >= 11 is 5.15. The van der Waals surface area contributed by atoms with E-state index in [1.54, 1.807) is 12.1 Å². The topological polar surface area (TPSA) is 35.5 Å². The lowest BCUT2D eigenvalue weighted by Gasteiger charge is -2.16. The van der Waals surface area contributed by atoms with Crippen molar-refractivity contribution >= 4 is 17.0 Å². The van der Waals surface area contributed by atoms with Crippen molar-refractivity contribution in [3.8, 4) is 5.75 Å². The second-order valence-corrected chi connectivity index (χ2v) is 4.69. The molecule has 3 nitrogen and oxygen atoms in total. The zero-order valence-corrected chi connectivity index (χ0v) is 12.3. The number of ether oxygens (including phenoxy) is 2. The Balaban J connectivity index is 2.53. The van der Waals surface area contributed by atoms with Crippen LogP contribution in [0.1, 0.15) is 51.2 Å². The van der Waals surface area contributed by atoms with Crippen molar-refractivity contribution < 1.29 is 14.3 Å². The number of halogens is 1. The zero-order valence-electron chi connectivity index (χ0n) is 11.5. The second-order valence-electron chi connectivity index (χ2n) is 4.38. The summed E-state index contributed by atoms with van der Waals surface area (Å²) in [5.41, 5.74) is 0.268. The van der Waals surface area contributed by atoms with Gasteiger partial charge in [-0.2, -0.15) is 0 Å². The highest BCUT2D eigenvalue weighted by Crippen LogP contribution is 2.24. The molecule has 0 aromatic heterocycles. The summed E-state index contributed by atoms with van der Waals surface area (Å²) in [6, 6.07) is 7.27. The lowest BCUT2D eigenvalue weighted by Crippen LogP contribution is -2.05. The Bertz CT molecular complexity index is 375. The number of unbranched alkanes of at least 4 members (excludes halogenated alkanes) is 2. The van der Waals surface area contributed by atoms with Crippen LogP contribution >= 0.6 is 11.6 Å². The fraction of sp³-hybridized carbons (Fsp3) is 0.533. The van der Waals surface area contributed by atoms with Crippen LogP contribution in [0.5, 0.6) is 5.75 Å². The molecular weight excluding hydrogens is 264 g/mol. The van der Waals surface area contributed by atoms with E-state index in [2.05, 4.69) is 13.8 Å². The van der Waals surface area contributed by atoms with Gasteiger partial charge in [0.1, 0.15) is 5.75 Å². The molecule has 0 spiro atoms. The molecule has 0 N–H and O–H groups in total. The van der Waals surface area contributed by atoms with Crippen LogP contribution in [-0.2, 0) is 4.74 Å². The van der Waals surface area contributed by atoms with Gasteiger partial charge in [-0.05, 0) is 30.5 Å². The average molecular weight is 285 g/mol. The molecule has 1 unspecified atom stereocenters. The molecule has 0 fully saturated rings. The SMILES string of the molecule is CCCCCOC(CC)c1ccc(OC(=O)Cl)cc1. The molecule has 0 bridgehead atoms. The minimum absolute atomic E-state index is 0.0950. The molecule has 0 amide bonds. The molecule has 0 aliphatic carbocycles. The third kappa shape index (κ3) is 6.08. The molecule has 1 aromatic carbocycles. The minimum Gasteiger partial charge on any atom is -0.415 e. The molecule has 1 atom stereocenters. The van der Waals surface area contributed by atoms with Crippen LogP contribution in [0.4, 0.5) is 4.79 Å². The van der Waals surface area contributed by atoms with Crippen LogP contribution in [0.3, 0.4) is 0 Å². The van der Waals surface area contributed by atoms with Gasteiger partial charge in [-0.15, -0.1) is 0 Å². The summed E-state index contributed by atoms with van der Waals surface area (Å²) in [6.07, 6.45) is 4.49. The summed E-state index contributed by atoms with van der Waals surface area (Å²) in [5, 5.41) is 0. The lowest BCUT2D eigenvalue weighted by molar-refractivity contribution is 0.0474. The van der Waals surface area contributed by atoms with Crippen molar-refractivity contribution in [2.24, 2.45) is 0 Å². The van der Waals surface area contributed by atoms with Crippen molar-refractivity contribution in [3.05, 3.63) is 29.8 Å². The van der Waals surface area contributed by atoms with Crippen LogP contribution in [0, 0.1) is 0 Å². The Labute approximate surface area is 119 Å². The maximum Gasteiger partial charge on any atom is 0.409 e. The van der Waals surface area contributed by atoms with Gasteiger partial charge in [0.15, 0.2) is 0 Å². The van der Waals surface area contributed by atoms with Crippen LogP contribution < -0.4 is 4.74 Å². The Hall–Kier alpha value is -1.06. The molecule has 1 rings (SSSR count). The highest BCUT2D eigenvalue weighted by atomic mass is 35.5. The fourth-order valence-corrected chi connectivity index (χ4v) is 1.96. The first-order chi connectivity index (χ1) is 9.17. The van der Waals surface area contributed by atoms with E-state index in [-0.39, 0.29) is 6.10 Å². The number of carbonyl (C=O) groups excluding carboxylic acids is 1. The quantitative estimate of drug-likeness (QED) is 0.493. The van der Waals surface area contributed by atoms with Crippen molar-refractivity contribution in [2.45, 2.75) is 45.6 Å². The summed E-state index contributed by atoms with van der Waals surface area (Å²) in [5.74, 6) is 0.449. The zero-order chi connectivity index (χ0) is 14.1. The van der Waals surface area contributed by atoms with Gasteiger partial charge in [0, 0.05) is 18.2 Å². The number of rotatable bonds is 8. The van der Waals surface area contributed by atoms with Crippen LogP contribution in [0.25, 0.3) is 0 Å². The Morgan fingerprint density at radius 1 is 1.21 bits per heavy atom. The first-order valence-corrected chi connectivity index (χ1v) is 7.14. The van der Waals surface area contributed by atoms with E-state index in [0.717, 1.165) is 25.0 Å². The Morgan fingerprint density at radius 3 is 2.42 bits per heavy atom. The van der Waals surface area contributed by atoms with Crippen molar-refractivity contribution in [1.82, 2.24) is 0 Å². The molecule has 0 aliphatic rings. The highest BCUT2D eigenvalue weighted by Gasteiger charge is 2.10. The molecule has 4 heteroatoms. The van der Waals surface area contributed by atoms with E-state index >= 15 is 0 Å². The van der Waals surface area contributed by atoms with E-state index < -0.39 is 5.43 Å². The summed E-state index contributed by atoms with van der Waals surface area (Å²) in [4.78, 5) is 10.6. The van der Waals surface area contributed by atoms with E-state index in [1.165, 1.54) is 12.8 Å². The molecule has 0 aliphatic heterocycles. The van der Waals surface area contributed by atoms with Gasteiger partial charge in [0.2, 0.25) is 0 Å². The summed E-state index contributed by atoms with van der Waals surface area (Å²) in [6.45, 7) is 5.05. The average Bonchev–Trinajstić information content (AvgIpc) is 2.40. The van der Waals surface area contributed by atoms with Gasteiger partial charge >= 0.3 is 5.43 Å². The van der Waals surface area contributed by atoms with Gasteiger partial charge in [-0.1, -0.05) is 38.8 Å². The van der Waals surface area contributed by atoms with Crippen LogP contribution in [0.15, 0.2) is 24.3 Å². The van der Waals surface area contributed by atoms with E-state index in [9.17, 15) is 4.79 Å². The number of hydrogen-bond acceptors (Lipinski definition) is 3. The van der Waals surface area contributed by atoms with Crippen LogP contribution in [-0.4, -0.2) is 12.0 Å². The second kappa shape index (κ2) is 8.94.